The minimum Gasteiger partial charge on any atom is -0.480 e. The Bertz CT molecular complexity index is 653. The molecule has 0 radical (unpaired) electrons. The van der Waals surface area contributed by atoms with Crippen molar-refractivity contribution < 1.29 is 19.5 Å². The molecule has 1 aromatic rings. The van der Waals surface area contributed by atoms with Gasteiger partial charge in [-0.3, -0.25) is 14.4 Å². The molecule has 0 bridgehead atoms. The lowest BCUT2D eigenvalue weighted by atomic mass is 10.1. The fourth-order valence-corrected chi connectivity index (χ4v) is 2.28. The van der Waals surface area contributed by atoms with Gasteiger partial charge in [-0.2, -0.15) is 0 Å². The summed E-state index contributed by atoms with van der Waals surface area (Å²) in [7, 11) is 0. The Kier molecular flexibility index (Phi) is 7.67. The number of unbranched alkanes of at least 4 members (excludes halogenated alkanes) is 1. The van der Waals surface area contributed by atoms with Gasteiger partial charge in [-0.25, -0.2) is 4.79 Å². The molecule has 0 aliphatic carbocycles. The van der Waals surface area contributed by atoms with Crippen molar-refractivity contribution in [3.63, 3.8) is 0 Å². The molecule has 0 spiro atoms. The first-order chi connectivity index (χ1) is 11.3. The van der Waals surface area contributed by atoms with Gasteiger partial charge in [-0.15, -0.1) is 0 Å². The molecule has 0 saturated heterocycles. The molecule has 1 unspecified atom stereocenters. The Morgan fingerprint density at radius 3 is 2.54 bits per heavy atom. The maximum Gasteiger partial charge on any atom is 0.326 e. The summed E-state index contributed by atoms with van der Waals surface area (Å²) in [5, 5.41) is 11.4. The molecule has 8 heteroatoms. The molecule has 0 aliphatic rings. The quantitative estimate of drug-likeness (QED) is 0.523. The van der Waals surface area contributed by atoms with Gasteiger partial charge in [0.25, 0.3) is 5.56 Å². The number of carbonyl (C=O) groups excluding carboxylic acids is 2. The lowest BCUT2D eigenvalue weighted by Crippen LogP contribution is -2.41. The maximum absolute atomic E-state index is 11.8. The number of hydrogen-bond acceptors (Lipinski definition) is 4. The fraction of sp³-hybridized carbons (Fsp3) is 0.500. The molecule has 0 aliphatic heterocycles. The average Bonchev–Trinajstić information content (AvgIpc) is 2.49. The first-order valence-corrected chi connectivity index (χ1v) is 7.78. The van der Waals surface area contributed by atoms with Crippen molar-refractivity contribution in [3.8, 4) is 0 Å². The van der Waals surface area contributed by atoms with Crippen LogP contribution in [0.1, 0.15) is 37.8 Å². The van der Waals surface area contributed by atoms with E-state index in [-0.39, 0.29) is 24.8 Å². The van der Waals surface area contributed by atoms with E-state index in [2.05, 4.69) is 5.32 Å². The number of carboxylic acid groups (broad SMARTS) is 1. The first kappa shape index (κ1) is 19.4. The number of carboxylic acids is 1. The highest BCUT2D eigenvalue weighted by Gasteiger charge is 2.20. The van der Waals surface area contributed by atoms with E-state index in [1.165, 1.54) is 6.07 Å². The highest BCUT2D eigenvalue weighted by Crippen LogP contribution is 2.03. The molecule has 1 atom stereocenters. The van der Waals surface area contributed by atoms with Gasteiger partial charge < -0.3 is 20.7 Å². The van der Waals surface area contributed by atoms with E-state index in [4.69, 9.17) is 10.8 Å². The second-order valence-corrected chi connectivity index (χ2v) is 5.58. The van der Waals surface area contributed by atoms with E-state index in [9.17, 15) is 19.2 Å². The average molecular weight is 337 g/mol. The van der Waals surface area contributed by atoms with Crippen LogP contribution in [0, 0.1) is 6.92 Å². The van der Waals surface area contributed by atoms with Gasteiger partial charge in [-0.1, -0.05) is 6.07 Å². The van der Waals surface area contributed by atoms with Crippen LogP contribution in [0.25, 0.3) is 0 Å². The zero-order valence-electron chi connectivity index (χ0n) is 13.7. The van der Waals surface area contributed by atoms with Crippen LogP contribution < -0.4 is 16.6 Å². The Balaban J connectivity index is 2.38. The molecule has 2 amide bonds. The molecule has 8 nitrogen and oxygen atoms in total. The highest BCUT2D eigenvalue weighted by molar-refractivity contribution is 5.84. The van der Waals surface area contributed by atoms with Crippen molar-refractivity contribution >= 4 is 17.8 Å². The number of hydrogen-bond donors (Lipinski definition) is 3. The molecular formula is C16H23N3O5. The third kappa shape index (κ3) is 6.64. The SMILES string of the molecule is Cc1cccc(=O)n1CCCCC(=O)NC(CCC(N)=O)C(=O)O. The van der Waals surface area contributed by atoms with Crippen molar-refractivity contribution in [3.05, 3.63) is 34.2 Å². The van der Waals surface area contributed by atoms with E-state index < -0.39 is 23.8 Å². The van der Waals surface area contributed by atoms with Crippen molar-refractivity contribution in [2.75, 3.05) is 0 Å². The summed E-state index contributed by atoms with van der Waals surface area (Å²) >= 11 is 0. The van der Waals surface area contributed by atoms with Gasteiger partial charge in [0.2, 0.25) is 11.8 Å². The molecule has 24 heavy (non-hydrogen) atoms. The maximum atomic E-state index is 11.8. The third-order valence-corrected chi connectivity index (χ3v) is 3.62. The highest BCUT2D eigenvalue weighted by atomic mass is 16.4. The van der Waals surface area contributed by atoms with Crippen LogP contribution >= 0.6 is 0 Å². The van der Waals surface area contributed by atoms with Gasteiger partial charge in [0, 0.05) is 31.1 Å². The minimum absolute atomic E-state index is 0.0327. The van der Waals surface area contributed by atoms with Gasteiger partial charge in [0.05, 0.1) is 0 Å². The summed E-state index contributed by atoms with van der Waals surface area (Å²) in [6, 6.07) is 3.89. The number of pyridine rings is 1. The number of rotatable bonds is 10. The topological polar surface area (TPSA) is 131 Å². The van der Waals surface area contributed by atoms with Crippen LogP contribution in [0.3, 0.4) is 0 Å². The number of aryl methyl sites for hydroxylation is 1. The van der Waals surface area contributed by atoms with Gasteiger partial charge >= 0.3 is 5.97 Å². The Morgan fingerprint density at radius 2 is 1.96 bits per heavy atom. The summed E-state index contributed by atoms with van der Waals surface area (Å²) in [4.78, 5) is 45.2. The summed E-state index contributed by atoms with van der Waals surface area (Å²) in [5.41, 5.74) is 5.74. The Morgan fingerprint density at radius 1 is 1.25 bits per heavy atom. The molecule has 132 valence electrons. The van der Waals surface area contributed by atoms with Crippen molar-refractivity contribution in [1.82, 2.24) is 9.88 Å². The van der Waals surface area contributed by atoms with Crippen LogP contribution in [0.4, 0.5) is 0 Å². The lowest BCUT2D eigenvalue weighted by molar-refractivity contribution is -0.142. The van der Waals surface area contributed by atoms with E-state index in [0.717, 1.165) is 5.69 Å². The summed E-state index contributed by atoms with van der Waals surface area (Å²) < 4.78 is 1.63. The molecule has 1 heterocycles. The zero-order valence-corrected chi connectivity index (χ0v) is 13.7. The van der Waals surface area contributed by atoms with E-state index in [0.29, 0.717) is 19.4 Å². The van der Waals surface area contributed by atoms with Crippen molar-refractivity contribution in [1.29, 1.82) is 0 Å². The molecule has 0 aromatic carbocycles. The second kappa shape index (κ2) is 9.49. The lowest BCUT2D eigenvalue weighted by Gasteiger charge is -2.14. The molecule has 0 fully saturated rings. The number of nitrogens with two attached hydrogens (primary N) is 1. The molecule has 1 aromatic heterocycles. The van der Waals surface area contributed by atoms with Crippen LogP contribution in [-0.4, -0.2) is 33.5 Å². The number of aromatic nitrogens is 1. The van der Waals surface area contributed by atoms with Crippen LogP contribution in [-0.2, 0) is 20.9 Å². The van der Waals surface area contributed by atoms with E-state index in [1.807, 2.05) is 13.0 Å². The number of nitrogens with zero attached hydrogens (tertiary/aromatic N) is 1. The van der Waals surface area contributed by atoms with Crippen molar-refractivity contribution in [2.45, 2.75) is 51.6 Å². The smallest absolute Gasteiger partial charge is 0.326 e. The summed E-state index contributed by atoms with van der Waals surface area (Å²) in [6.45, 7) is 2.34. The molecule has 0 saturated carbocycles. The predicted molar refractivity (Wildman–Crippen MR) is 87.3 cm³/mol. The zero-order chi connectivity index (χ0) is 18.1. The summed E-state index contributed by atoms with van der Waals surface area (Å²) in [5.74, 6) is -2.21. The monoisotopic (exact) mass is 337 g/mol. The van der Waals surface area contributed by atoms with Gasteiger partial charge in [0.1, 0.15) is 6.04 Å². The number of aliphatic carboxylic acids is 1. The number of nitrogens with one attached hydrogen (secondary N) is 1. The normalized spacial score (nSPS) is 11.7. The standard InChI is InChI=1S/C16H23N3O5/c1-11-5-4-7-15(22)19(11)10-3-2-6-14(21)18-12(16(23)24)8-9-13(17)20/h4-5,7,12H,2-3,6,8-10H2,1H3,(H2,17,20)(H,18,21)(H,23,24). The second-order valence-electron chi connectivity index (χ2n) is 5.58. The Labute approximate surface area is 139 Å². The first-order valence-electron chi connectivity index (χ1n) is 7.78. The fourth-order valence-electron chi connectivity index (χ4n) is 2.28. The molecular weight excluding hydrogens is 314 g/mol. The largest absolute Gasteiger partial charge is 0.480 e. The summed E-state index contributed by atoms with van der Waals surface area (Å²) in [6.07, 6.45) is 1.16. The third-order valence-electron chi connectivity index (χ3n) is 3.62. The van der Waals surface area contributed by atoms with Crippen LogP contribution in [0.15, 0.2) is 23.0 Å². The molecule has 1 rings (SSSR count). The minimum atomic E-state index is -1.20. The molecule has 4 N–H and O–H groups in total. The van der Waals surface area contributed by atoms with Crippen LogP contribution in [0.2, 0.25) is 0 Å². The van der Waals surface area contributed by atoms with Crippen molar-refractivity contribution in [2.24, 2.45) is 5.73 Å². The Hall–Kier alpha value is -2.64. The van der Waals surface area contributed by atoms with Gasteiger partial charge in [0.15, 0.2) is 0 Å². The van der Waals surface area contributed by atoms with E-state index in [1.54, 1.807) is 10.6 Å². The number of amides is 2. The van der Waals surface area contributed by atoms with Gasteiger partial charge in [-0.05, 0) is 32.3 Å². The predicted octanol–water partition coefficient (Wildman–Crippen LogP) is 0.162. The van der Waals surface area contributed by atoms with E-state index >= 15 is 0 Å². The van der Waals surface area contributed by atoms with Crippen LogP contribution in [0.5, 0.6) is 0 Å². The number of carbonyl (C=O) groups is 3. The number of primary amides is 1.